The van der Waals surface area contributed by atoms with Crippen molar-refractivity contribution in [1.82, 2.24) is 4.57 Å². The van der Waals surface area contributed by atoms with Crippen LogP contribution in [0.2, 0.25) is 5.02 Å². The molecule has 2 aromatic carbocycles. The molecule has 1 aliphatic heterocycles. The highest BCUT2D eigenvalue weighted by Gasteiger charge is 2.29. The Kier molecular flexibility index (Phi) is 4.67. The Morgan fingerprint density at radius 1 is 1.04 bits per heavy atom. The fourth-order valence-electron chi connectivity index (χ4n) is 3.76. The molecule has 0 unspecified atom stereocenters. The number of hydrogen-bond acceptors (Lipinski definition) is 2. The molecule has 26 heavy (non-hydrogen) atoms. The lowest BCUT2D eigenvalue weighted by molar-refractivity contribution is 0.0689. The van der Waals surface area contributed by atoms with Gasteiger partial charge >= 0.3 is 5.97 Å². The molecule has 4 nitrogen and oxygen atoms in total. The van der Waals surface area contributed by atoms with E-state index in [0.29, 0.717) is 5.02 Å². The number of rotatable bonds is 3. The number of para-hydroxylation sites is 1. The Morgan fingerprint density at radius 2 is 1.73 bits per heavy atom. The van der Waals surface area contributed by atoms with E-state index in [4.69, 9.17) is 11.6 Å². The number of benzene rings is 2. The van der Waals surface area contributed by atoms with Crippen molar-refractivity contribution in [2.45, 2.75) is 19.3 Å². The van der Waals surface area contributed by atoms with Gasteiger partial charge < -0.3 is 14.6 Å². The molecule has 0 spiro atoms. The molecule has 1 aliphatic rings. The van der Waals surface area contributed by atoms with Gasteiger partial charge in [-0.2, -0.15) is 0 Å². The minimum Gasteiger partial charge on any atom is -0.476 e. The van der Waals surface area contributed by atoms with Crippen LogP contribution in [0.4, 0.5) is 5.69 Å². The molecule has 0 saturated carbocycles. The van der Waals surface area contributed by atoms with Crippen molar-refractivity contribution in [3.8, 4) is 5.69 Å². The molecule has 0 radical (unpaired) electrons. The zero-order valence-corrected chi connectivity index (χ0v) is 16.4. The molecule has 1 saturated heterocycles. The average molecular weight is 434 g/mol. The Balaban J connectivity index is 2.12. The fraction of sp³-hybridized carbons (Fsp3) is 0.250. The third kappa shape index (κ3) is 2.79. The summed E-state index contributed by atoms with van der Waals surface area (Å²) in [4.78, 5) is 14.5. The Bertz CT molecular complexity index is 979. The Labute approximate surface area is 165 Å². The normalized spacial score (nSPS) is 14.8. The molecule has 134 valence electrons. The van der Waals surface area contributed by atoms with Crippen LogP contribution in [-0.2, 0) is 0 Å². The van der Waals surface area contributed by atoms with Gasteiger partial charge in [-0.05, 0) is 59.5 Å². The summed E-state index contributed by atoms with van der Waals surface area (Å²) in [6.45, 7) is 1.71. The van der Waals surface area contributed by atoms with Crippen LogP contribution in [0.3, 0.4) is 0 Å². The van der Waals surface area contributed by atoms with E-state index in [1.54, 1.807) is 6.07 Å². The first-order valence-electron chi connectivity index (χ1n) is 8.65. The minimum absolute atomic E-state index is 0.288. The lowest BCUT2D eigenvalue weighted by Gasteiger charge is -2.29. The number of carboxylic acids is 1. The van der Waals surface area contributed by atoms with Crippen LogP contribution in [0, 0.1) is 0 Å². The van der Waals surface area contributed by atoms with Crippen molar-refractivity contribution in [3.05, 3.63) is 57.7 Å². The van der Waals surface area contributed by atoms with E-state index in [0.717, 1.165) is 52.7 Å². The van der Waals surface area contributed by atoms with E-state index >= 15 is 0 Å². The number of hydrogen-bond donors (Lipinski definition) is 1. The van der Waals surface area contributed by atoms with Crippen LogP contribution in [0.15, 0.2) is 46.9 Å². The summed E-state index contributed by atoms with van der Waals surface area (Å²) in [7, 11) is 0. The molecule has 3 aromatic rings. The average Bonchev–Trinajstić information content (AvgIpc) is 3.02. The molecule has 6 heteroatoms. The first-order valence-corrected chi connectivity index (χ1v) is 9.82. The summed E-state index contributed by atoms with van der Waals surface area (Å²) in [5.74, 6) is -0.936. The van der Waals surface area contributed by atoms with Crippen LogP contribution >= 0.6 is 27.5 Å². The van der Waals surface area contributed by atoms with Gasteiger partial charge in [0.1, 0.15) is 0 Å². The number of aromatic carboxylic acids is 1. The highest BCUT2D eigenvalue weighted by atomic mass is 79.9. The lowest BCUT2D eigenvalue weighted by atomic mass is 10.1. The Hall–Kier alpha value is -1.98. The van der Waals surface area contributed by atoms with Crippen molar-refractivity contribution in [2.24, 2.45) is 0 Å². The quantitative estimate of drug-likeness (QED) is 0.573. The van der Waals surface area contributed by atoms with Gasteiger partial charge in [0.05, 0.1) is 16.2 Å². The topological polar surface area (TPSA) is 45.5 Å². The van der Waals surface area contributed by atoms with Gasteiger partial charge in [0.2, 0.25) is 0 Å². The molecular weight excluding hydrogens is 416 g/mol. The molecule has 1 N–H and O–H groups in total. The summed E-state index contributed by atoms with van der Waals surface area (Å²) in [5.41, 5.74) is 2.71. The van der Waals surface area contributed by atoms with Gasteiger partial charge in [-0.1, -0.05) is 29.8 Å². The van der Waals surface area contributed by atoms with Crippen LogP contribution in [-0.4, -0.2) is 28.7 Å². The predicted molar refractivity (Wildman–Crippen MR) is 109 cm³/mol. The number of nitrogens with zero attached hydrogens (tertiary/aromatic N) is 2. The third-order valence-corrected chi connectivity index (χ3v) is 6.25. The van der Waals surface area contributed by atoms with Gasteiger partial charge in [-0.3, -0.25) is 0 Å². The minimum atomic E-state index is -0.936. The van der Waals surface area contributed by atoms with Crippen LogP contribution in [0.1, 0.15) is 29.8 Å². The second-order valence-electron chi connectivity index (χ2n) is 6.48. The van der Waals surface area contributed by atoms with Crippen molar-refractivity contribution in [3.63, 3.8) is 0 Å². The largest absolute Gasteiger partial charge is 0.476 e. The van der Waals surface area contributed by atoms with E-state index in [1.165, 1.54) is 6.42 Å². The number of fused-ring (bicyclic) bond motifs is 1. The molecule has 0 bridgehead atoms. The number of halogens is 2. The van der Waals surface area contributed by atoms with E-state index < -0.39 is 5.97 Å². The smallest absolute Gasteiger partial charge is 0.355 e. The summed E-state index contributed by atoms with van der Waals surface area (Å²) in [6.07, 6.45) is 3.31. The number of aromatic nitrogens is 1. The SMILES string of the molecule is O=C(O)c1c(N2CCCCC2)c2c(Br)c(Cl)ccc2n1-c1ccccc1. The highest BCUT2D eigenvalue weighted by Crippen LogP contribution is 2.43. The number of carboxylic acid groups (broad SMARTS) is 1. The Morgan fingerprint density at radius 3 is 2.38 bits per heavy atom. The summed E-state index contributed by atoms with van der Waals surface area (Å²) >= 11 is 9.97. The van der Waals surface area contributed by atoms with Gasteiger partial charge in [0, 0.05) is 28.6 Å². The van der Waals surface area contributed by atoms with E-state index in [2.05, 4.69) is 20.8 Å². The highest BCUT2D eigenvalue weighted by molar-refractivity contribution is 9.10. The fourth-order valence-corrected chi connectivity index (χ4v) is 4.44. The summed E-state index contributed by atoms with van der Waals surface area (Å²) in [6, 6.07) is 13.3. The lowest BCUT2D eigenvalue weighted by Crippen LogP contribution is -2.30. The van der Waals surface area contributed by atoms with Crippen LogP contribution in [0.25, 0.3) is 16.6 Å². The number of piperidine rings is 1. The molecule has 1 fully saturated rings. The van der Waals surface area contributed by atoms with E-state index in [-0.39, 0.29) is 5.69 Å². The summed E-state index contributed by atoms with van der Waals surface area (Å²) < 4.78 is 2.57. The number of carbonyl (C=O) groups is 1. The standard InChI is InChI=1S/C20H18BrClN2O2/c21-17-14(22)9-10-15-16(17)18(23-11-5-2-6-12-23)19(20(25)26)24(15)13-7-3-1-4-8-13/h1,3-4,7-10H,2,5-6,11-12H2,(H,25,26). The van der Waals surface area contributed by atoms with Crippen molar-refractivity contribution < 1.29 is 9.90 Å². The van der Waals surface area contributed by atoms with Crippen molar-refractivity contribution >= 4 is 50.1 Å². The molecule has 2 heterocycles. The predicted octanol–water partition coefficient (Wildman–Crippen LogP) is 5.73. The second kappa shape index (κ2) is 6.97. The van der Waals surface area contributed by atoms with Gasteiger partial charge in [-0.15, -0.1) is 0 Å². The third-order valence-electron chi connectivity index (χ3n) is 4.89. The first-order chi connectivity index (χ1) is 12.6. The molecule has 4 rings (SSSR count). The monoisotopic (exact) mass is 432 g/mol. The van der Waals surface area contributed by atoms with Gasteiger partial charge in [-0.25, -0.2) is 4.79 Å². The molecule has 0 amide bonds. The zero-order chi connectivity index (χ0) is 18.3. The van der Waals surface area contributed by atoms with Crippen LogP contribution < -0.4 is 4.90 Å². The zero-order valence-electron chi connectivity index (χ0n) is 14.1. The van der Waals surface area contributed by atoms with Gasteiger partial charge in [0.15, 0.2) is 5.69 Å². The molecule has 1 aromatic heterocycles. The van der Waals surface area contributed by atoms with Crippen LogP contribution in [0.5, 0.6) is 0 Å². The van der Waals surface area contributed by atoms with Crippen molar-refractivity contribution in [2.75, 3.05) is 18.0 Å². The second-order valence-corrected chi connectivity index (χ2v) is 7.68. The molecule has 0 atom stereocenters. The summed E-state index contributed by atoms with van der Waals surface area (Å²) in [5, 5.41) is 11.5. The molecule has 0 aliphatic carbocycles. The number of anilines is 1. The van der Waals surface area contributed by atoms with E-state index in [9.17, 15) is 9.90 Å². The van der Waals surface area contributed by atoms with Gasteiger partial charge in [0.25, 0.3) is 0 Å². The van der Waals surface area contributed by atoms with Crippen molar-refractivity contribution in [1.29, 1.82) is 0 Å². The van der Waals surface area contributed by atoms with E-state index in [1.807, 2.05) is 41.0 Å². The molecular formula is C20H18BrClN2O2. The maximum Gasteiger partial charge on any atom is 0.355 e. The maximum atomic E-state index is 12.3. The maximum absolute atomic E-state index is 12.3. The first kappa shape index (κ1) is 17.4.